The van der Waals surface area contributed by atoms with E-state index in [1.54, 1.807) is 12.2 Å². The van der Waals surface area contributed by atoms with Gasteiger partial charge in [0.25, 0.3) is 0 Å². The summed E-state index contributed by atoms with van der Waals surface area (Å²) in [5.74, 6) is -0.348. The first kappa shape index (κ1) is 10.9. The summed E-state index contributed by atoms with van der Waals surface area (Å²) in [6, 6.07) is 0. The van der Waals surface area contributed by atoms with E-state index in [0.29, 0.717) is 0 Å². The topological polar surface area (TPSA) is 43.4 Å². The number of esters is 1. The van der Waals surface area contributed by atoms with Crippen LogP contribution in [0.1, 0.15) is 27.2 Å². The predicted molar refractivity (Wildman–Crippen MR) is 45.7 cm³/mol. The third-order valence-electron chi connectivity index (χ3n) is 1.21. The van der Waals surface area contributed by atoms with Gasteiger partial charge >= 0.3 is 5.97 Å². The van der Waals surface area contributed by atoms with Crippen LogP contribution in [0.2, 0.25) is 0 Å². The molecular weight excluding hydrogens is 156 g/mol. The van der Waals surface area contributed by atoms with Crippen molar-refractivity contribution >= 4 is 11.8 Å². The van der Waals surface area contributed by atoms with E-state index in [9.17, 15) is 9.59 Å². The molecule has 1 unspecified atom stereocenters. The smallest absolute Gasteiger partial charge is 0.303 e. The molecule has 0 radical (unpaired) electrons. The Bertz CT molecular complexity index is 178. The average molecular weight is 170 g/mol. The summed E-state index contributed by atoms with van der Waals surface area (Å²) in [6.07, 6.45) is 3.31. The maximum atomic E-state index is 10.7. The molecule has 0 N–H and O–H groups in total. The Morgan fingerprint density at radius 1 is 1.42 bits per heavy atom. The third kappa shape index (κ3) is 5.65. The van der Waals surface area contributed by atoms with E-state index >= 15 is 0 Å². The lowest BCUT2D eigenvalue weighted by Crippen LogP contribution is -2.16. The van der Waals surface area contributed by atoms with Gasteiger partial charge in [0.05, 0.1) is 0 Å². The van der Waals surface area contributed by atoms with Crippen LogP contribution in [0, 0.1) is 0 Å². The van der Waals surface area contributed by atoms with Gasteiger partial charge in [-0.1, -0.05) is 6.08 Å². The van der Waals surface area contributed by atoms with E-state index in [1.165, 1.54) is 13.8 Å². The summed E-state index contributed by atoms with van der Waals surface area (Å²) in [7, 11) is 0. The van der Waals surface area contributed by atoms with E-state index < -0.39 is 6.10 Å². The lowest BCUT2D eigenvalue weighted by Gasteiger charge is -2.10. The Morgan fingerprint density at radius 3 is 2.33 bits per heavy atom. The van der Waals surface area contributed by atoms with Crippen LogP contribution in [-0.4, -0.2) is 17.9 Å². The minimum absolute atomic E-state index is 0.0133. The summed E-state index contributed by atoms with van der Waals surface area (Å²) < 4.78 is 4.86. The summed E-state index contributed by atoms with van der Waals surface area (Å²) in [6.45, 7) is 4.62. The number of carbonyl (C=O) groups excluding carboxylic acids is 2. The molecule has 0 spiro atoms. The maximum Gasteiger partial charge on any atom is 0.303 e. The Kier molecular flexibility index (Phi) is 5.00. The molecule has 0 fully saturated rings. The fourth-order valence-electron chi connectivity index (χ4n) is 0.860. The van der Waals surface area contributed by atoms with Gasteiger partial charge in [0.1, 0.15) is 11.9 Å². The van der Waals surface area contributed by atoms with Crippen molar-refractivity contribution < 1.29 is 14.3 Å². The highest BCUT2D eigenvalue weighted by Gasteiger charge is 2.09. The zero-order chi connectivity index (χ0) is 9.56. The van der Waals surface area contributed by atoms with Gasteiger partial charge in [0.2, 0.25) is 0 Å². The van der Waals surface area contributed by atoms with Gasteiger partial charge in [-0.15, -0.1) is 0 Å². The van der Waals surface area contributed by atoms with Crippen molar-refractivity contribution in [1.82, 2.24) is 0 Å². The van der Waals surface area contributed by atoms with Crippen LogP contribution in [-0.2, 0) is 14.3 Å². The van der Waals surface area contributed by atoms with Crippen molar-refractivity contribution in [2.24, 2.45) is 0 Å². The highest BCUT2D eigenvalue weighted by atomic mass is 16.5. The highest BCUT2D eigenvalue weighted by Crippen LogP contribution is 2.01. The average Bonchev–Trinajstić information content (AvgIpc) is 1.84. The molecule has 0 saturated heterocycles. The summed E-state index contributed by atoms with van der Waals surface area (Å²) in [5, 5.41) is 0. The van der Waals surface area contributed by atoms with Crippen molar-refractivity contribution in [2.75, 3.05) is 0 Å². The SMILES string of the molecule is CC=CC(CC(C)=O)OC(C)=O. The second-order valence-corrected chi connectivity index (χ2v) is 2.58. The van der Waals surface area contributed by atoms with Crippen molar-refractivity contribution in [3.8, 4) is 0 Å². The van der Waals surface area contributed by atoms with Crippen LogP contribution >= 0.6 is 0 Å². The molecule has 0 heterocycles. The van der Waals surface area contributed by atoms with Crippen LogP contribution in [0.4, 0.5) is 0 Å². The van der Waals surface area contributed by atoms with E-state index in [0.717, 1.165) is 0 Å². The fourth-order valence-corrected chi connectivity index (χ4v) is 0.860. The zero-order valence-electron chi connectivity index (χ0n) is 7.66. The van der Waals surface area contributed by atoms with Crippen LogP contribution in [0.3, 0.4) is 0 Å². The van der Waals surface area contributed by atoms with Crippen molar-refractivity contribution in [3.05, 3.63) is 12.2 Å². The molecule has 68 valence electrons. The molecule has 12 heavy (non-hydrogen) atoms. The molecule has 0 aliphatic heterocycles. The minimum atomic E-state index is -0.398. The van der Waals surface area contributed by atoms with Gasteiger partial charge < -0.3 is 4.74 Å². The summed E-state index contributed by atoms with van der Waals surface area (Å²) in [5.41, 5.74) is 0. The van der Waals surface area contributed by atoms with Crippen LogP contribution in [0.5, 0.6) is 0 Å². The molecule has 3 nitrogen and oxygen atoms in total. The normalized spacial score (nSPS) is 12.9. The zero-order valence-corrected chi connectivity index (χ0v) is 7.66. The molecule has 0 aliphatic carbocycles. The van der Waals surface area contributed by atoms with Crippen molar-refractivity contribution in [1.29, 1.82) is 0 Å². The van der Waals surface area contributed by atoms with Gasteiger partial charge in [-0.3, -0.25) is 9.59 Å². The first-order valence-corrected chi connectivity index (χ1v) is 3.85. The molecule has 0 aliphatic rings. The monoisotopic (exact) mass is 170 g/mol. The fraction of sp³-hybridized carbons (Fsp3) is 0.556. The molecule has 0 aromatic heterocycles. The molecular formula is C9H14O3. The number of hydrogen-bond donors (Lipinski definition) is 0. The van der Waals surface area contributed by atoms with Crippen molar-refractivity contribution in [3.63, 3.8) is 0 Å². The quantitative estimate of drug-likeness (QED) is 0.474. The third-order valence-corrected chi connectivity index (χ3v) is 1.21. The van der Waals surface area contributed by atoms with Crippen LogP contribution in [0.15, 0.2) is 12.2 Å². The van der Waals surface area contributed by atoms with Crippen molar-refractivity contribution in [2.45, 2.75) is 33.3 Å². The molecule has 0 rings (SSSR count). The molecule has 0 saturated carbocycles. The first-order valence-electron chi connectivity index (χ1n) is 3.85. The highest BCUT2D eigenvalue weighted by molar-refractivity contribution is 5.77. The standard InChI is InChI=1S/C9H14O3/c1-4-5-9(6-7(2)10)12-8(3)11/h4-5,9H,6H2,1-3H3. The number of allylic oxidation sites excluding steroid dienone is 1. The van der Waals surface area contributed by atoms with E-state index in [1.807, 2.05) is 6.92 Å². The summed E-state index contributed by atoms with van der Waals surface area (Å²) >= 11 is 0. The number of Topliss-reactive ketones (excluding diaryl/α,β-unsaturated/α-hetero) is 1. The summed E-state index contributed by atoms with van der Waals surface area (Å²) in [4.78, 5) is 21.2. The molecule has 0 aromatic carbocycles. The van der Waals surface area contributed by atoms with Gasteiger partial charge in [-0.25, -0.2) is 0 Å². The Hall–Kier alpha value is -1.12. The van der Waals surface area contributed by atoms with Crippen LogP contribution in [0.25, 0.3) is 0 Å². The largest absolute Gasteiger partial charge is 0.458 e. The number of rotatable bonds is 4. The lowest BCUT2D eigenvalue weighted by molar-refractivity contribution is -0.145. The predicted octanol–water partition coefficient (Wildman–Crippen LogP) is 1.47. The van der Waals surface area contributed by atoms with Gasteiger partial charge in [0, 0.05) is 13.3 Å². The van der Waals surface area contributed by atoms with E-state index in [4.69, 9.17) is 4.74 Å². The van der Waals surface area contributed by atoms with Gasteiger partial charge in [-0.2, -0.15) is 0 Å². The van der Waals surface area contributed by atoms with E-state index in [2.05, 4.69) is 0 Å². The Morgan fingerprint density at radius 2 is 2.00 bits per heavy atom. The molecule has 3 heteroatoms. The molecule has 0 aromatic rings. The number of ether oxygens (including phenoxy) is 1. The molecule has 0 bridgehead atoms. The lowest BCUT2D eigenvalue weighted by atomic mass is 10.2. The van der Waals surface area contributed by atoms with E-state index in [-0.39, 0.29) is 18.2 Å². The van der Waals surface area contributed by atoms with Crippen LogP contribution < -0.4 is 0 Å². The minimum Gasteiger partial charge on any atom is -0.458 e. The number of ketones is 1. The maximum absolute atomic E-state index is 10.7. The molecule has 1 atom stereocenters. The van der Waals surface area contributed by atoms with Gasteiger partial charge in [-0.05, 0) is 19.9 Å². The Balaban J connectivity index is 4.03. The second-order valence-electron chi connectivity index (χ2n) is 2.58. The first-order chi connectivity index (χ1) is 5.56. The van der Waals surface area contributed by atoms with Gasteiger partial charge in [0.15, 0.2) is 0 Å². The number of hydrogen-bond acceptors (Lipinski definition) is 3. The number of carbonyl (C=O) groups is 2. The Labute approximate surface area is 72.4 Å². The molecule has 0 amide bonds. The second kappa shape index (κ2) is 5.52.